The number of nitriles is 1. The van der Waals surface area contributed by atoms with Gasteiger partial charge in [-0.3, -0.25) is 0 Å². The van der Waals surface area contributed by atoms with Gasteiger partial charge in [-0.1, -0.05) is 13.8 Å². The van der Waals surface area contributed by atoms with Gasteiger partial charge in [-0.15, -0.1) is 0 Å². The van der Waals surface area contributed by atoms with Gasteiger partial charge in [0.05, 0.1) is 17.9 Å². The van der Waals surface area contributed by atoms with Gasteiger partial charge in [-0.2, -0.15) is 10.2 Å². The first-order valence-electron chi connectivity index (χ1n) is 10.3. The van der Waals surface area contributed by atoms with Crippen molar-refractivity contribution in [1.29, 1.82) is 5.26 Å². The minimum Gasteiger partial charge on any atom is -0.471 e. The molecule has 0 aliphatic heterocycles. The monoisotopic (exact) mass is 447 g/mol. The molecule has 0 amide bonds. The molecule has 1 fully saturated rings. The lowest BCUT2D eigenvalue weighted by atomic mass is 9.73. The van der Waals surface area contributed by atoms with E-state index in [-0.39, 0.29) is 35.9 Å². The van der Waals surface area contributed by atoms with Crippen LogP contribution in [0.1, 0.15) is 51.2 Å². The SMILES string of the molecule is CC(F)(F)COc1ncncc1CNc1ncc(C#N)c(N[C@@H]2CC[C@@H](O)C(C)(C)C2)n1. The summed E-state index contributed by atoms with van der Waals surface area (Å²) in [5, 5.41) is 25.9. The summed E-state index contributed by atoms with van der Waals surface area (Å²) in [4.78, 5) is 16.4. The van der Waals surface area contributed by atoms with Gasteiger partial charge in [0.1, 0.15) is 23.8 Å². The maximum absolute atomic E-state index is 13.1. The quantitative estimate of drug-likeness (QED) is 0.559. The van der Waals surface area contributed by atoms with Crippen molar-refractivity contribution in [2.24, 2.45) is 5.41 Å². The molecule has 9 nitrogen and oxygen atoms in total. The highest BCUT2D eigenvalue weighted by Crippen LogP contribution is 2.37. The number of alkyl halides is 2. The molecular formula is C21H27F2N7O2. The maximum Gasteiger partial charge on any atom is 0.278 e. The first-order valence-corrected chi connectivity index (χ1v) is 10.3. The van der Waals surface area contributed by atoms with Crippen LogP contribution in [0.25, 0.3) is 0 Å². The van der Waals surface area contributed by atoms with Crippen molar-refractivity contribution < 1.29 is 18.6 Å². The minimum atomic E-state index is -2.99. The smallest absolute Gasteiger partial charge is 0.278 e. The van der Waals surface area contributed by atoms with Crippen LogP contribution >= 0.6 is 0 Å². The van der Waals surface area contributed by atoms with E-state index in [9.17, 15) is 19.1 Å². The Morgan fingerprint density at radius 1 is 1.31 bits per heavy atom. The molecule has 2 heterocycles. The Labute approximate surface area is 185 Å². The number of ether oxygens (including phenoxy) is 1. The van der Waals surface area contributed by atoms with Gasteiger partial charge in [0.25, 0.3) is 5.92 Å². The Morgan fingerprint density at radius 3 is 2.78 bits per heavy atom. The lowest BCUT2D eigenvalue weighted by Crippen LogP contribution is -2.41. The number of aliphatic hydroxyl groups is 1. The summed E-state index contributed by atoms with van der Waals surface area (Å²) in [5.41, 5.74) is 0.523. The Hall–Kier alpha value is -3.13. The van der Waals surface area contributed by atoms with E-state index in [2.05, 4.69) is 36.6 Å². The third-order valence-corrected chi connectivity index (χ3v) is 5.36. The standard InChI is InChI=1S/C21H27F2N7O2/c1-20(2)6-15(4-5-16(20)31)29-17-13(7-24)9-26-19(30-17)27-10-14-8-25-12-28-18(14)32-11-21(3,22)23/h8-9,12,15-16,31H,4-6,10-11H2,1-3H3,(H2,26,27,29,30)/t15-,16-/m1/s1. The highest BCUT2D eigenvalue weighted by Gasteiger charge is 2.36. The Morgan fingerprint density at radius 2 is 2.09 bits per heavy atom. The van der Waals surface area contributed by atoms with Gasteiger partial charge < -0.3 is 20.5 Å². The Kier molecular flexibility index (Phi) is 7.03. The molecule has 0 saturated heterocycles. The molecule has 0 radical (unpaired) electrons. The van der Waals surface area contributed by atoms with Crippen molar-refractivity contribution in [3.63, 3.8) is 0 Å². The lowest BCUT2D eigenvalue weighted by molar-refractivity contribution is -0.0245. The van der Waals surface area contributed by atoms with Crippen LogP contribution in [0.5, 0.6) is 5.88 Å². The molecular weight excluding hydrogens is 420 g/mol. The largest absolute Gasteiger partial charge is 0.471 e. The molecule has 0 spiro atoms. The van der Waals surface area contributed by atoms with Crippen molar-refractivity contribution >= 4 is 11.8 Å². The van der Waals surface area contributed by atoms with Crippen LogP contribution < -0.4 is 15.4 Å². The molecule has 3 N–H and O–H groups in total. The number of nitrogens with zero attached hydrogens (tertiary/aromatic N) is 5. The van der Waals surface area contributed by atoms with Crippen LogP contribution in [0.3, 0.4) is 0 Å². The molecule has 3 rings (SSSR count). The predicted molar refractivity (Wildman–Crippen MR) is 113 cm³/mol. The number of aromatic nitrogens is 4. The molecule has 0 unspecified atom stereocenters. The van der Waals surface area contributed by atoms with Gasteiger partial charge >= 0.3 is 0 Å². The second kappa shape index (κ2) is 9.56. The Balaban J connectivity index is 1.70. The van der Waals surface area contributed by atoms with Crippen LogP contribution in [0, 0.1) is 16.7 Å². The van der Waals surface area contributed by atoms with Crippen LogP contribution in [0.15, 0.2) is 18.7 Å². The van der Waals surface area contributed by atoms with Crippen molar-refractivity contribution in [1.82, 2.24) is 19.9 Å². The van der Waals surface area contributed by atoms with Crippen LogP contribution in [0.4, 0.5) is 20.5 Å². The van der Waals surface area contributed by atoms with E-state index < -0.39 is 12.5 Å². The summed E-state index contributed by atoms with van der Waals surface area (Å²) >= 11 is 0. The zero-order chi connectivity index (χ0) is 23.4. The fourth-order valence-corrected chi connectivity index (χ4v) is 3.57. The highest BCUT2D eigenvalue weighted by atomic mass is 19.3. The fraction of sp³-hybridized carbons (Fsp3) is 0.571. The van der Waals surface area contributed by atoms with Gasteiger partial charge in [0.2, 0.25) is 11.8 Å². The molecule has 11 heteroatoms. The van der Waals surface area contributed by atoms with E-state index in [1.807, 2.05) is 13.8 Å². The third-order valence-electron chi connectivity index (χ3n) is 5.36. The topological polar surface area (TPSA) is 129 Å². The first-order chi connectivity index (χ1) is 15.1. The second-order valence-corrected chi connectivity index (χ2v) is 8.76. The number of hydrogen-bond acceptors (Lipinski definition) is 9. The minimum absolute atomic E-state index is 0.0454. The molecule has 2 aromatic rings. The van der Waals surface area contributed by atoms with Crippen LogP contribution in [-0.4, -0.2) is 49.7 Å². The summed E-state index contributed by atoms with van der Waals surface area (Å²) in [6.45, 7) is 4.13. The van der Waals surface area contributed by atoms with E-state index in [4.69, 9.17) is 4.74 Å². The molecule has 1 aliphatic carbocycles. The van der Waals surface area contributed by atoms with Crippen molar-refractivity contribution in [2.75, 3.05) is 17.2 Å². The van der Waals surface area contributed by atoms with E-state index >= 15 is 0 Å². The van der Waals surface area contributed by atoms with Crippen LogP contribution in [-0.2, 0) is 6.54 Å². The first kappa shape index (κ1) is 23.5. The zero-order valence-corrected chi connectivity index (χ0v) is 18.3. The highest BCUT2D eigenvalue weighted by molar-refractivity contribution is 5.54. The summed E-state index contributed by atoms with van der Waals surface area (Å²) in [6, 6.07) is 2.14. The Bertz CT molecular complexity index is 975. The normalized spacial score (nSPS) is 20.3. The zero-order valence-electron chi connectivity index (χ0n) is 18.3. The number of rotatable bonds is 8. The summed E-state index contributed by atoms with van der Waals surface area (Å²) in [7, 11) is 0. The molecule has 2 aromatic heterocycles. The number of halogens is 2. The summed E-state index contributed by atoms with van der Waals surface area (Å²) in [6.07, 6.45) is 5.88. The predicted octanol–water partition coefficient (Wildman–Crippen LogP) is 3.14. The van der Waals surface area contributed by atoms with Gasteiger partial charge in [-0.05, 0) is 24.7 Å². The van der Waals surface area contributed by atoms with Crippen molar-refractivity contribution in [3.05, 3.63) is 29.8 Å². The van der Waals surface area contributed by atoms with E-state index in [0.717, 1.165) is 19.8 Å². The van der Waals surface area contributed by atoms with Gasteiger partial charge in [-0.25, -0.2) is 23.7 Å². The van der Waals surface area contributed by atoms with Crippen LogP contribution in [0.2, 0.25) is 0 Å². The number of hydrogen-bond donors (Lipinski definition) is 3. The number of anilines is 2. The molecule has 1 saturated carbocycles. The lowest BCUT2D eigenvalue weighted by Gasteiger charge is -2.40. The molecule has 0 bridgehead atoms. The van der Waals surface area contributed by atoms with Crippen molar-refractivity contribution in [3.8, 4) is 11.9 Å². The average molecular weight is 447 g/mol. The third kappa shape index (κ3) is 6.20. The van der Waals surface area contributed by atoms with Gasteiger partial charge in [0.15, 0.2) is 6.61 Å². The second-order valence-electron chi connectivity index (χ2n) is 8.76. The fourth-order valence-electron chi connectivity index (χ4n) is 3.57. The molecule has 0 aromatic carbocycles. The molecule has 172 valence electrons. The van der Waals surface area contributed by atoms with Crippen molar-refractivity contribution in [2.45, 2.75) is 64.6 Å². The molecule has 1 aliphatic rings. The number of nitrogens with one attached hydrogen (secondary N) is 2. The van der Waals surface area contributed by atoms with E-state index in [0.29, 0.717) is 23.4 Å². The van der Waals surface area contributed by atoms with E-state index in [1.54, 1.807) is 0 Å². The maximum atomic E-state index is 13.1. The molecule has 2 atom stereocenters. The molecule has 32 heavy (non-hydrogen) atoms. The average Bonchev–Trinajstić information content (AvgIpc) is 2.73. The summed E-state index contributed by atoms with van der Waals surface area (Å²) < 4.78 is 31.4. The van der Waals surface area contributed by atoms with E-state index in [1.165, 1.54) is 18.7 Å². The number of aliphatic hydroxyl groups excluding tert-OH is 1. The van der Waals surface area contributed by atoms with Gasteiger partial charge in [0, 0.05) is 25.7 Å². The summed E-state index contributed by atoms with van der Waals surface area (Å²) in [5.74, 6) is -2.30.